The standard InChI is InChI=1S/C20H20N4O3S/c1-22-19(26)15-6-3-2-5-14(15)16(21-22)13-18(25)23-8-10-24(11-9-23)20(27)17-7-4-12-28-17/h2-7,12H,8-11,13H2,1H3. The van der Waals surface area contributed by atoms with Gasteiger partial charge in [-0.05, 0) is 17.5 Å². The average molecular weight is 396 g/mol. The van der Waals surface area contributed by atoms with Crippen LogP contribution in [0, 0.1) is 0 Å². The van der Waals surface area contributed by atoms with Gasteiger partial charge in [0, 0.05) is 38.6 Å². The van der Waals surface area contributed by atoms with Gasteiger partial charge in [-0.2, -0.15) is 5.10 Å². The van der Waals surface area contributed by atoms with E-state index in [1.165, 1.54) is 16.0 Å². The van der Waals surface area contributed by atoms with Crippen molar-refractivity contribution in [2.45, 2.75) is 6.42 Å². The third-order valence-corrected chi connectivity index (χ3v) is 5.86. The minimum absolute atomic E-state index is 0.0211. The molecule has 2 aromatic heterocycles. The van der Waals surface area contributed by atoms with Crippen LogP contribution in [0.2, 0.25) is 0 Å². The predicted molar refractivity (Wildman–Crippen MR) is 107 cm³/mol. The number of hydrogen-bond acceptors (Lipinski definition) is 5. The van der Waals surface area contributed by atoms with Gasteiger partial charge in [0.2, 0.25) is 5.91 Å². The van der Waals surface area contributed by atoms with Crippen molar-refractivity contribution in [3.8, 4) is 0 Å². The number of fused-ring (bicyclic) bond motifs is 1. The number of carbonyl (C=O) groups is 2. The van der Waals surface area contributed by atoms with Gasteiger partial charge in [-0.1, -0.05) is 24.3 Å². The molecule has 144 valence electrons. The molecule has 0 N–H and O–H groups in total. The van der Waals surface area contributed by atoms with Crippen molar-refractivity contribution in [1.29, 1.82) is 0 Å². The van der Waals surface area contributed by atoms with Gasteiger partial charge in [0.25, 0.3) is 11.5 Å². The molecule has 1 aromatic carbocycles. The molecule has 0 radical (unpaired) electrons. The summed E-state index contributed by atoms with van der Waals surface area (Å²) in [5, 5.41) is 7.47. The minimum Gasteiger partial charge on any atom is -0.339 e. The van der Waals surface area contributed by atoms with Crippen molar-refractivity contribution < 1.29 is 9.59 Å². The molecule has 0 unspecified atom stereocenters. The first kappa shape index (κ1) is 18.4. The molecular formula is C20H20N4O3S. The Labute approximate surface area is 165 Å². The molecule has 0 atom stereocenters. The minimum atomic E-state index is -0.174. The zero-order valence-corrected chi connectivity index (χ0v) is 16.3. The van der Waals surface area contributed by atoms with Gasteiger partial charge in [-0.3, -0.25) is 14.4 Å². The average Bonchev–Trinajstić information content (AvgIpc) is 3.26. The molecular weight excluding hydrogens is 376 g/mol. The molecule has 28 heavy (non-hydrogen) atoms. The highest BCUT2D eigenvalue weighted by Crippen LogP contribution is 2.16. The number of rotatable bonds is 3. The Balaban J connectivity index is 1.46. The van der Waals surface area contributed by atoms with E-state index >= 15 is 0 Å². The largest absolute Gasteiger partial charge is 0.339 e. The molecule has 2 amide bonds. The first-order chi connectivity index (χ1) is 13.5. The van der Waals surface area contributed by atoms with Crippen LogP contribution in [-0.2, 0) is 18.3 Å². The van der Waals surface area contributed by atoms with Gasteiger partial charge in [-0.25, -0.2) is 4.68 Å². The van der Waals surface area contributed by atoms with Crippen LogP contribution >= 0.6 is 11.3 Å². The van der Waals surface area contributed by atoms with Crippen LogP contribution in [0.15, 0.2) is 46.6 Å². The Bertz CT molecular complexity index is 1080. The Morgan fingerprint density at radius 2 is 1.68 bits per heavy atom. The summed E-state index contributed by atoms with van der Waals surface area (Å²) in [5.74, 6) is -0.0210. The van der Waals surface area contributed by atoms with E-state index in [2.05, 4.69) is 5.10 Å². The van der Waals surface area contributed by atoms with E-state index < -0.39 is 0 Å². The highest BCUT2D eigenvalue weighted by atomic mass is 32.1. The van der Waals surface area contributed by atoms with Crippen LogP contribution < -0.4 is 5.56 Å². The first-order valence-corrected chi connectivity index (χ1v) is 9.98. The smallest absolute Gasteiger partial charge is 0.274 e. The highest BCUT2D eigenvalue weighted by Gasteiger charge is 2.26. The van der Waals surface area contributed by atoms with Crippen LogP contribution in [0.1, 0.15) is 15.4 Å². The molecule has 3 heterocycles. The molecule has 0 aliphatic carbocycles. The number of amides is 2. The molecule has 0 spiro atoms. The Morgan fingerprint density at radius 3 is 2.36 bits per heavy atom. The maximum absolute atomic E-state index is 12.8. The van der Waals surface area contributed by atoms with Crippen molar-refractivity contribution in [1.82, 2.24) is 19.6 Å². The first-order valence-electron chi connectivity index (χ1n) is 9.10. The topological polar surface area (TPSA) is 75.5 Å². The molecule has 1 aliphatic rings. The summed E-state index contributed by atoms with van der Waals surface area (Å²) < 4.78 is 1.28. The van der Waals surface area contributed by atoms with Crippen LogP contribution in [0.4, 0.5) is 0 Å². The molecule has 0 bridgehead atoms. The number of piperazine rings is 1. The van der Waals surface area contributed by atoms with Gasteiger partial charge in [-0.15, -0.1) is 11.3 Å². The molecule has 1 saturated heterocycles. The van der Waals surface area contributed by atoms with E-state index in [0.29, 0.717) is 42.6 Å². The number of benzene rings is 1. The lowest BCUT2D eigenvalue weighted by Crippen LogP contribution is -2.51. The maximum atomic E-state index is 12.8. The number of nitrogens with zero attached hydrogens (tertiary/aromatic N) is 4. The lowest BCUT2D eigenvalue weighted by Gasteiger charge is -2.34. The summed E-state index contributed by atoms with van der Waals surface area (Å²) in [6, 6.07) is 10.9. The van der Waals surface area contributed by atoms with E-state index in [1.54, 1.807) is 29.0 Å². The SMILES string of the molecule is Cn1nc(CC(=O)N2CCN(C(=O)c3cccs3)CC2)c2ccccc2c1=O. The van der Waals surface area contributed by atoms with Gasteiger partial charge >= 0.3 is 0 Å². The van der Waals surface area contributed by atoms with E-state index in [1.807, 2.05) is 29.6 Å². The van der Waals surface area contributed by atoms with Gasteiger partial charge in [0.15, 0.2) is 0 Å². The van der Waals surface area contributed by atoms with E-state index in [-0.39, 0.29) is 23.8 Å². The number of aryl methyl sites for hydroxylation is 1. The van der Waals surface area contributed by atoms with Gasteiger partial charge in [0.1, 0.15) is 0 Å². The molecule has 3 aromatic rings. The number of hydrogen-bond donors (Lipinski definition) is 0. The zero-order valence-electron chi connectivity index (χ0n) is 15.5. The molecule has 0 saturated carbocycles. The fourth-order valence-corrected chi connectivity index (χ4v) is 4.17. The Hall–Kier alpha value is -3.00. The lowest BCUT2D eigenvalue weighted by atomic mass is 10.1. The summed E-state index contributed by atoms with van der Waals surface area (Å²) in [6.45, 7) is 2.03. The summed E-state index contributed by atoms with van der Waals surface area (Å²) in [4.78, 5) is 41.8. The van der Waals surface area contributed by atoms with Gasteiger partial charge < -0.3 is 9.80 Å². The quantitative estimate of drug-likeness (QED) is 0.673. The second-order valence-corrected chi connectivity index (χ2v) is 7.70. The van der Waals surface area contributed by atoms with Gasteiger partial charge in [0.05, 0.1) is 22.4 Å². The molecule has 7 nitrogen and oxygen atoms in total. The number of thiophene rings is 1. The van der Waals surface area contributed by atoms with E-state index in [0.717, 1.165) is 4.88 Å². The van der Waals surface area contributed by atoms with Crippen LogP contribution in [-0.4, -0.2) is 57.6 Å². The normalized spacial score (nSPS) is 14.5. The lowest BCUT2D eigenvalue weighted by molar-refractivity contribution is -0.132. The summed E-state index contributed by atoms with van der Waals surface area (Å²) in [5.41, 5.74) is 0.423. The van der Waals surface area contributed by atoms with E-state index in [4.69, 9.17) is 0 Å². The Morgan fingerprint density at radius 1 is 1.00 bits per heavy atom. The fraction of sp³-hybridized carbons (Fsp3) is 0.300. The molecule has 1 aliphatic heterocycles. The van der Waals surface area contributed by atoms with Crippen molar-refractivity contribution in [3.05, 3.63) is 62.7 Å². The fourth-order valence-electron chi connectivity index (χ4n) is 3.48. The Kier molecular flexibility index (Phi) is 4.95. The monoisotopic (exact) mass is 396 g/mol. The maximum Gasteiger partial charge on any atom is 0.274 e. The number of aromatic nitrogens is 2. The predicted octanol–water partition coefficient (Wildman–Crippen LogP) is 1.52. The molecule has 1 fully saturated rings. The highest BCUT2D eigenvalue weighted by molar-refractivity contribution is 7.12. The summed E-state index contributed by atoms with van der Waals surface area (Å²) in [7, 11) is 1.59. The van der Waals surface area contributed by atoms with E-state index in [9.17, 15) is 14.4 Å². The number of carbonyl (C=O) groups excluding carboxylic acids is 2. The van der Waals surface area contributed by atoms with Crippen LogP contribution in [0.3, 0.4) is 0 Å². The summed E-state index contributed by atoms with van der Waals surface area (Å²) in [6.07, 6.45) is 0.132. The third-order valence-electron chi connectivity index (χ3n) is 5.00. The molecule has 4 rings (SSSR count). The van der Waals surface area contributed by atoms with Crippen molar-refractivity contribution in [2.75, 3.05) is 26.2 Å². The third kappa shape index (κ3) is 3.43. The molecule has 8 heteroatoms. The van der Waals surface area contributed by atoms with Crippen molar-refractivity contribution in [2.24, 2.45) is 7.05 Å². The zero-order chi connectivity index (χ0) is 19.7. The van der Waals surface area contributed by atoms with Crippen LogP contribution in [0.5, 0.6) is 0 Å². The summed E-state index contributed by atoms with van der Waals surface area (Å²) >= 11 is 1.43. The second-order valence-electron chi connectivity index (χ2n) is 6.75. The van der Waals surface area contributed by atoms with Crippen LogP contribution in [0.25, 0.3) is 10.8 Å². The second kappa shape index (κ2) is 7.55. The van der Waals surface area contributed by atoms with Crippen molar-refractivity contribution in [3.63, 3.8) is 0 Å². The van der Waals surface area contributed by atoms with Crippen molar-refractivity contribution >= 4 is 33.9 Å².